The zero-order chi connectivity index (χ0) is 12.5. The summed E-state index contributed by atoms with van der Waals surface area (Å²) in [6, 6.07) is 18.5. The number of Topliss-reactive ketones (excluding diaryl/α,β-unsaturated/α-hetero) is 1. The third kappa shape index (κ3) is 1.68. The highest BCUT2D eigenvalue weighted by Gasteiger charge is 2.08. The summed E-state index contributed by atoms with van der Waals surface area (Å²) >= 11 is 0. The Labute approximate surface area is 106 Å². The maximum absolute atomic E-state index is 12.0. The lowest BCUT2D eigenvalue weighted by atomic mass is 9.97. The quantitative estimate of drug-likeness (QED) is 0.468. The largest absolute Gasteiger partial charge is 0.294 e. The molecule has 0 heterocycles. The number of hydrogen-bond acceptors (Lipinski definition) is 1. The monoisotopic (exact) mass is 234 g/mol. The molecule has 0 N–H and O–H groups in total. The van der Waals surface area contributed by atoms with Crippen LogP contribution in [0.15, 0.2) is 54.6 Å². The van der Waals surface area contributed by atoms with E-state index >= 15 is 0 Å². The first-order valence-corrected chi connectivity index (χ1v) is 6.24. The Kier molecular flexibility index (Phi) is 2.60. The van der Waals surface area contributed by atoms with Gasteiger partial charge in [-0.25, -0.2) is 0 Å². The Hall–Kier alpha value is -2.15. The van der Waals surface area contributed by atoms with Crippen molar-refractivity contribution in [2.24, 2.45) is 0 Å². The third-order valence-electron chi connectivity index (χ3n) is 3.37. The smallest absolute Gasteiger partial charge is 0.163 e. The van der Waals surface area contributed by atoms with Gasteiger partial charge in [-0.1, -0.05) is 49.4 Å². The molecule has 0 amide bonds. The molecular formula is C17H14O. The van der Waals surface area contributed by atoms with Crippen molar-refractivity contribution in [2.75, 3.05) is 0 Å². The number of carbonyl (C=O) groups is 1. The maximum Gasteiger partial charge on any atom is 0.163 e. The van der Waals surface area contributed by atoms with E-state index in [1.807, 2.05) is 31.2 Å². The van der Waals surface area contributed by atoms with E-state index in [2.05, 4.69) is 30.3 Å². The molecule has 88 valence electrons. The average molecular weight is 234 g/mol. The van der Waals surface area contributed by atoms with Crippen molar-refractivity contribution in [1.82, 2.24) is 0 Å². The Bertz CT molecular complexity index is 741. The van der Waals surface area contributed by atoms with Crippen LogP contribution in [0.2, 0.25) is 0 Å². The predicted molar refractivity (Wildman–Crippen MR) is 76.1 cm³/mol. The van der Waals surface area contributed by atoms with Gasteiger partial charge < -0.3 is 0 Å². The lowest BCUT2D eigenvalue weighted by Crippen LogP contribution is -1.97. The minimum Gasteiger partial charge on any atom is -0.294 e. The molecule has 1 nitrogen and oxygen atoms in total. The van der Waals surface area contributed by atoms with Gasteiger partial charge in [0, 0.05) is 12.0 Å². The van der Waals surface area contributed by atoms with Crippen molar-refractivity contribution in [3.63, 3.8) is 0 Å². The molecule has 0 bridgehead atoms. The van der Waals surface area contributed by atoms with Gasteiger partial charge >= 0.3 is 0 Å². The molecule has 0 radical (unpaired) electrons. The van der Waals surface area contributed by atoms with Gasteiger partial charge in [0.25, 0.3) is 0 Å². The predicted octanol–water partition coefficient (Wildman–Crippen LogP) is 4.59. The van der Waals surface area contributed by atoms with E-state index in [4.69, 9.17) is 0 Å². The number of carbonyl (C=O) groups excluding carboxylic acids is 1. The Morgan fingerprint density at radius 2 is 1.56 bits per heavy atom. The summed E-state index contributed by atoms with van der Waals surface area (Å²) in [5.41, 5.74) is 0.834. The highest BCUT2D eigenvalue weighted by Crippen LogP contribution is 2.26. The molecule has 0 aliphatic heterocycles. The van der Waals surface area contributed by atoms with Crippen LogP contribution >= 0.6 is 0 Å². The average Bonchev–Trinajstić information content (AvgIpc) is 2.43. The molecule has 0 fully saturated rings. The fourth-order valence-corrected chi connectivity index (χ4v) is 2.40. The standard InChI is InChI=1S/C17H14O/c1-2-17(18)15-9-5-8-14-10-12-6-3-4-7-13(12)11-16(14)15/h3-11H,2H2,1H3. The minimum absolute atomic E-state index is 0.205. The molecule has 3 rings (SSSR count). The Morgan fingerprint density at radius 3 is 2.28 bits per heavy atom. The maximum atomic E-state index is 12.0. The molecule has 0 saturated heterocycles. The van der Waals surface area contributed by atoms with Gasteiger partial charge in [0.05, 0.1) is 0 Å². The molecule has 0 atom stereocenters. The van der Waals surface area contributed by atoms with Gasteiger partial charge in [-0.15, -0.1) is 0 Å². The van der Waals surface area contributed by atoms with Crippen LogP contribution < -0.4 is 0 Å². The van der Waals surface area contributed by atoms with Crippen molar-refractivity contribution in [3.05, 3.63) is 60.2 Å². The summed E-state index contributed by atoms with van der Waals surface area (Å²) in [6.07, 6.45) is 0.548. The molecule has 18 heavy (non-hydrogen) atoms. The molecule has 0 unspecified atom stereocenters. The molecule has 0 saturated carbocycles. The zero-order valence-corrected chi connectivity index (χ0v) is 10.3. The number of benzene rings is 3. The molecule has 0 aliphatic rings. The summed E-state index contributed by atoms with van der Waals surface area (Å²) in [7, 11) is 0. The molecule has 3 aromatic carbocycles. The first-order valence-electron chi connectivity index (χ1n) is 6.24. The fourth-order valence-electron chi connectivity index (χ4n) is 2.40. The van der Waals surface area contributed by atoms with Gasteiger partial charge in [-0.3, -0.25) is 4.79 Å². The van der Waals surface area contributed by atoms with Crippen molar-refractivity contribution in [3.8, 4) is 0 Å². The molecule has 3 aromatic rings. The number of hydrogen-bond donors (Lipinski definition) is 0. The molecule has 0 spiro atoms. The summed E-state index contributed by atoms with van der Waals surface area (Å²) in [5, 5.41) is 4.59. The molecule has 0 aromatic heterocycles. The second-order valence-electron chi connectivity index (χ2n) is 4.50. The van der Waals surface area contributed by atoms with Gasteiger partial charge in [0.15, 0.2) is 5.78 Å². The van der Waals surface area contributed by atoms with Gasteiger partial charge in [-0.2, -0.15) is 0 Å². The first-order chi connectivity index (χ1) is 8.79. The third-order valence-corrected chi connectivity index (χ3v) is 3.37. The van der Waals surface area contributed by atoms with E-state index in [1.165, 1.54) is 10.8 Å². The Balaban J connectivity index is 2.39. The van der Waals surface area contributed by atoms with E-state index in [0.717, 1.165) is 16.3 Å². The molecule has 0 aliphatic carbocycles. The van der Waals surface area contributed by atoms with Crippen LogP contribution in [0.1, 0.15) is 23.7 Å². The summed E-state index contributed by atoms with van der Waals surface area (Å²) in [5.74, 6) is 0.205. The topological polar surface area (TPSA) is 17.1 Å². The Morgan fingerprint density at radius 1 is 0.889 bits per heavy atom. The van der Waals surface area contributed by atoms with E-state index < -0.39 is 0 Å². The van der Waals surface area contributed by atoms with Crippen LogP contribution in [0, 0.1) is 0 Å². The zero-order valence-electron chi connectivity index (χ0n) is 10.3. The van der Waals surface area contributed by atoms with Crippen molar-refractivity contribution >= 4 is 27.3 Å². The van der Waals surface area contributed by atoms with Crippen LogP contribution in [0.3, 0.4) is 0 Å². The van der Waals surface area contributed by atoms with E-state index in [0.29, 0.717) is 6.42 Å². The van der Waals surface area contributed by atoms with Gasteiger partial charge in [-0.05, 0) is 33.7 Å². The van der Waals surface area contributed by atoms with Crippen LogP contribution in [0.5, 0.6) is 0 Å². The van der Waals surface area contributed by atoms with E-state index in [-0.39, 0.29) is 5.78 Å². The number of rotatable bonds is 2. The molecule has 1 heteroatoms. The second kappa shape index (κ2) is 4.26. The van der Waals surface area contributed by atoms with Crippen LogP contribution in [-0.4, -0.2) is 5.78 Å². The lowest BCUT2D eigenvalue weighted by Gasteiger charge is -2.06. The highest BCUT2D eigenvalue weighted by molar-refractivity contribution is 6.11. The van der Waals surface area contributed by atoms with E-state index in [9.17, 15) is 4.79 Å². The van der Waals surface area contributed by atoms with Crippen LogP contribution in [-0.2, 0) is 0 Å². The van der Waals surface area contributed by atoms with Gasteiger partial charge in [0.1, 0.15) is 0 Å². The lowest BCUT2D eigenvalue weighted by molar-refractivity contribution is 0.0990. The van der Waals surface area contributed by atoms with Crippen molar-refractivity contribution in [2.45, 2.75) is 13.3 Å². The normalized spacial score (nSPS) is 10.9. The van der Waals surface area contributed by atoms with Crippen LogP contribution in [0.4, 0.5) is 0 Å². The van der Waals surface area contributed by atoms with E-state index in [1.54, 1.807) is 0 Å². The van der Waals surface area contributed by atoms with Crippen LogP contribution in [0.25, 0.3) is 21.5 Å². The number of ketones is 1. The SMILES string of the molecule is CCC(=O)c1cccc2cc3ccccc3cc12. The molecular weight excluding hydrogens is 220 g/mol. The van der Waals surface area contributed by atoms with Gasteiger partial charge in [0.2, 0.25) is 0 Å². The summed E-state index contributed by atoms with van der Waals surface area (Å²) in [4.78, 5) is 12.0. The summed E-state index contributed by atoms with van der Waals surface area (Å²) in [6.45, 7) is 1.90. The fraction of sp³-hybridized carbons (Fsp3) is 0.118. The van der Waals surface area contributed by atoms with Crippen molar-refractivity contribution < 1.29 is 4.79 Å². The summed E-state index contributed by atoms with van der Waals surface area (Å²) < 4.78 is 0. The second-order valence-corrected chi connectivity index (χ2v) is 4.50. The minimum atomic E-state index is 0.205. The highest BCUT2D eigenvalue weighted by atomic mass is 16.1. The first kappa shape index (κ1) is 11.0. The number of fused-ring (bicyclic) bond motifs is 2. The van der Waals surface area contributed by atoms with Crippen molar-refractivity contribution in [1.29, 1.82) is 0 Å².